The largest absolute Gasteiger partial charge is 0.305 e. The zero-order chi connectivity index (χ0) is 21.7. The van der Waals surface area contributed by atoms with Gasteiger partial charge in [0.25, 0.3) is 0 Å². The summed E-state index contributed by atoms with van der Waals surface area (Å²) in [5.74, 6) is -0.175. The van der Waals surface area contributed by atoms with Crippen molar-refractivity contribution in [1.29, 1.82) is 0 Å². The number of nitrogens with zero attached hydrogens (tertiary/aromatic N) is 5. The number of hydrogen-bond donors (Lipinski definition) is 1. The van der Waals surface area contributed by atoms with E-state index < -0.39 is 15.8 Å². The maximum Gasteiger partial charge on any atom is 0.236 e. The van der Waals surface area contributed by atoms with Gasteiger partial charge in [-0.3, -0.25) is 9.10 Å². The van der Waals surface area contributed by atoms with E-state index in [-0.39, 0.29) is 18.2 Å². The molecular weight excluding hydrogens is 451 g/mol. The van der Waals surface area contributed by atoms with Crippen molar-refractivity contribution < 1.29 is 17.6 Å². The molecule has 2 heterocycles. The van der Waals surface area contributed by atoms with Gasteiger partial charge in [-0.15, -0.1) is 21.5 Å². The number of aromatic nitrogens is 4. The molecule has 160 valence electrons. The summed E-state index contributed by atoms with van der Waals surface area (Å²) in [5.41, 5.74) is 0.321. The lowest BCUT2D eigenvalue weighted by molar-refractivity contribution is -0.113. The van der Waals surface area contributed by atoms with E-state index in [9.17, 15) is 17.6 Å². The number of carbonyl (C=O) groups is 1. The summed E-state index contributed by atoms with van der Waals surface area (Å²) >= 11 is 2.51. The molecule has 0 radical (unpaired) electrons. The van der Waals surface area contributed by atoms with Crippen molar-refractivity contribution in [3.8, 4) is 0 Å². The zero-order valence-corrected chi connectivity index (χ0v) is 18.6. The molecule has 0 bridgehead atoms. The predicted octanol–water partition coefficient (Wildman–Crippen LogP) is 2.59. The van der Waals surface area contributed by atoms with Crippen LogP contribution >= 0.6 is 23.1 Å². The Morgan fingerprint density at radius 1 is 1.30 bits per heavy atom. The Morgan fingerprint density at radius 3 is 2.63 bits per heavy atom. The normalized spacial score (nSPS) is 11.4. The molecule has 30 heavy (non-hydrogen) atoms. The van der Waals surface area contributed by atoms with Crippen LogP contribution < -0.4 is 9.62 Å². The van der Waals surface area contributed by atoms with E-state index in [1.165, 1.54) is 47.4 Å². The summed E-state index contributed by atoms with van der Waals surface area (Å²) in [6, 6.07) is 5.17. The molecule has 9 nitrogen and oxygen atoms in total. The number of amides is 1. The van der Waals surface area contributed by atoms with Gasteiger partial charge in [-0.2, -0.15) is 0 Å². The first-order valence-corrected chi connectivity index (χ1v) is 12.5. The summed E-state index contributed by atoms with van der Waals surface area (Å²) in [6.45, 7) is 2.28. The van der Waals surface area contributed by atoms with Crippen molar-refractivity contribution in [3.63, 3.8) is 0 Å². The summed E-state index contributed by atoms with van der Waals surface area (Å²) < 4.78 is 40.7. The van der Waals surface area contributed by atoms with E-state index in [0.717, 1.165) is 10.6 Å². The second kappa shape index (κ2) is 9.53. The van der Waals surface area contributed by atoms with Crippen LogP contribution in [0.5, 0.6) is 0 Å². The Hall–Kier alpha value is -2.51. The van der Waals surface area contributed by atoms with Crippen LogP contribution in [0.3, 0.4) is 0 Å². The summed E-state index contributed by atoms with van der Waals surface area (Å²) in [5, 5.41) is 13.7. The minimum atomic E-state index is -3.65. The Labute approximate surface area is 181 Å². The summed E-state index contributed by atoms with van der Waals surface area (Å²) in [6.07, 6.45) is 2.67. The molecule has 0 atom stereocenters. The number of thioether (sulfide) groups is 1. The van der Waals surface area contributed by atoms with Gasteiger partial charge in [0.1, 0.15) is 5.82 Å². The van der Waals surface area contributed by atoms with Gasteiger partial charge in [0, 0.05) is 18.1 Å². The standard InChI is InChI=1S/C17H19FN6O3S3/c1-3-23-14(10-24(30(2,26)27)13-6-4-12(18)5-7-13)21-22-17(23)29-11-15(25)20-16-19-8-9-28-16/h4-9H,3,10-11H2,1-2H3,(H,19,20,25). The van der Waals surface area contributed by atoms with Gasteiger partial charge in [-0.05, 0) is 31.2 Å². The molecule has 0 saturated carbocycles. The quantitative estimate of drug-likeness (QED) is 0.479. The Bertz CT molecular complexity index is 1100. The third kappa shape index (κ3) is 5.55. The Kier molecular flexibility index (Phi) is 7.05. The van der Waals surface area contributed by atoms with Crippen molar-refractivity contribution in [1.82, 2.24) is 19.7 Å². The van der Waals surface area contributed by atoms with Crippen molar-refractivity contribution in [2.24, 2.45) is 0 Å². The van der Waals surface area contributed by atoms with Crippen molar-refractivity contribution >= 4 is 49.8 Å². The number of anilines is 2. The van der Waals surface area contributed by atoms with Crippen LogP contribution in [-0.4, -0.2) is 46.1 Å². The second-order valence-electron chi connectivity index (χ2n) is 6.06. The highest BCUT2D eigenvalue weighted by molar-refractivity contribution is 7.99. The van der Waals surface area contributed by atoms with E-state index in [1.807, 2.05) is 6.92 Å². The Morgan fingerprint density at radius 2 is 2.03 bits per heavy atom. The van der Waals surface area contributed by atoms with Gasteiger partial charge in [-0.1, -0.05) is 11.8 Å². The van der Waals surface area contributed by atoms with E-state index in [4.69, 9.17) is 0 Å². The smallest absolute Gasteiger partial charge is 0.236 e. The number of rotatable bonds is 9. The van der Waals surface area contributed by atoms with E-state index in [0.29, 0.717) is 28.3 Å². The SMILES string of the molecule is CCn1c(CN(c2ccc(F)cc2)S(C)(=O)=O)nnc1SCC(=O)Nc1nccs1. The average molecular weight is 471 g/mol. The van der Waals surface area contributed by atoms with Gasteiger partial charge in [0.15, 0.2) is 16.1 Å². The molecule has 1 N–H and O–H groups in total. The monoisotopic (exact) mass is 470 g/mol. The van der Waals surface area contributed by atoms with Gasteiger partial charge >= 0.3 is 0 Å². The predicted molar refractivity (Wildman–Crippen MR) is 115 cm³/mol. The molecule has 0 aliphatic rings. The van der Waals surface area contributed by atoms with E-state index in [2.05, 4.69) is 20.5 Å². The second-order valence-corrected chi connectivity index (χ2v) is 9.81. The fourth-order valence-corrected chi connectivity index (χ4v) is 4.79. The molecule has 0 spiro atoms. The number of thiazole rings is 1. The van der Waals surface area contributed by atoms with Crippen LogP contribution in [0.1, 0.15) is 12.7 Å². The number of benzene rings is 1. The van der Waals surface area contributed by atoms with Crippen LogP contribution in [0.25, 0.3) is 0 Å². The molecule has 0 saturated heterocycles. The molecule has 3 rings (SSSR count). The first-order valence-electron chi connectivity index (χ1n) is 8.75. The number of carbonyl (C=O) groups excluding carboxylic acids is 1. The maximum absolute atomic E-state index is 13.2. The van der Waals surface area contributed by atoms with Gasteiger partial charge < -0.3 is 9.88 Å². The lowest BCUT2D eigenvalue weighted by atomic mass is 10.3. The summed E-state index contributed by atoms with van der Waals surface area (Å²) in [4.78, 5) is 16.1. The number of hydrogen-bond acceptors (Lipinski definition) is 8. The highest BCUT2D eigenvalue weighted by Crippen LogP contribution is 2.23. The van der Waals surface area contributed by atoms with Crippen molar-refractivity contribution in [2.45, 2.75) is 25.2 Å². The summed E-state index contributed by atoms with van der Waals surface area (Å²) in [7, 11) is -3.65. The molecule has 0 fully saturated rings. The lowest BCUT2D eigenvalue weighted by Gasteiger charge is -2.22. The molecule has 0 unspecified atom stereocenters. The first kappa shape index (κ1) is 22.2. The Balaban J connectivity index is 1.75. The topological polar surface area (TPSA) is 110 Å². The van der Waals surface area contributed by atoms with Crippen LogP contribution in [0, 0.1) is 5.82 Å². The van der Waals surface area contributed by atoms with Crippen LogP contribution in [0.2, 0.25) is 0 Å². The molecule has 2 aromatic heterocycles. The molecule has 1 aromatic carbocycles. The minimum absolute atomic E-state index is 0.0722. The number of nitrogens with one attached hydrogen (secondary N) is 1. The zero-order valence-electron chi connectivity index (χ0n) is 16.1. The minimum Gasteiger partial charge on any atom is -0.305 e. The molecule has 3 aromatic rings. The van der Waals surface area contributed by atoms with Crippen LogP contribution in [-0.2, 0) is 27.9 Å². The molecule has 0 aliphatic carbocycles. The van der Waals surface area contributed by atoms with Crippen molar-refractivity contribution in [3.05, 3.63) is 47.5 Å². The average Bonchev–Trinajstić information content (AvgIpc) is 3.33. The third-order valence-corrected chi connectivity index (χ3v) is 6.72. The van der Waals surface area contributed by atoms with E-state index in [1.54, 1.807) is 16.1 Å². The number of halogens is 1. The third-order valence-electron chi connectivity index (χ3n) is 3.92. The highest BCUT2D eigenvalue weighted by Gasteiger charge is 2.22. The molecule has 13 heteroatoms. The first-order chi connectivity index (χ1) is 14.3. The highest BCUT2D eigenvalue weighted by atomic mass is 32.2. The van der Waals surface area contributed by atoms with Crippen molar-refractivity contribution in [2.75, 3.05) is 21.6 Å². The van der Waals surface area contributed by atoms with Crippen LogP contribution in [0.15, 0.2) is 41.0 Å². The molecule has 1 amide bonds. The fourth-order valence-electron chi connectivity index (χ4n) is 2.57. The van der Waals surface area contributed by atoms with Gasteiger partial charge in [-0.25, -0.2) is 17.8 Å². The van der Waals surface area contributed by atoms with E-state index >= 15 is 0 Å². The van der Waals surface area contributed by atoms with Crippen LogP contribution in [0.4, 0.5) is 15.2 Å². The lowest BCUT2D eigenvalue weighted by Crippen LogP contribution is -2.30. The molecular formula is C17H19FN6O3S3. The van der Waals surface area contributed by atoms with Gasteiger partial charge in [0.05, 0.1) is 24.2 Å². The fraction of sp³-hybridized carbons (Fsp3) is 0.294. The maximum atomic E-state index is 13.2. The number of sulfonamides is 1. The molecule has 0 aliphatic heterocycles. The van der Waals surface area contributed by atoms with Gasteiger partial charge in [0.2, 0.25) is 15.9 Å².